The molecule has 10 rings (SSSR count). The summed E-state index contributed by atoms with van der Waals surface area (Å²) in [7, 11) is 0. The molecular formula is C57H77N11O9S. The second-order valence-electron chi connectivity index (χ2n) is 22.1. The number of phenols is 1. The molecule has 0 bridgehead atoms. The van der Waals surface area contributed by atoms with Crippen LogP contribution < -0.4 is 20.7 Å². The number of anilines is 2. The minimum absolute atomic E-state index is 0.0592. The summed E-state index contributed by atoms with van der Waals surface area (Å²) in [6.45, 7) is 20.0. The number of phenolic OH excluding ortho intramolecular Hbond substituents is 1. The minimum Gasteiger partial charge on any atom is -0.507 e. The first-order valence-corrected chi connectivity index (χ1v) is 28.8. The number of amides is 2. The lowest BCUT2D eigenvalue weighted by molar-refractivity contribution is -0.141. The number of aliphatic hydroxyl groups is 1. The average molecular weight is 1090 g/mol. The first kappa shape index (κ1) is 55.5. The minimum atomic E-state index is -0.822. The van der Waals surface area contributed by atoms with Gasteiger partial charge in [-0.05, 0) is 79.9 Å². The fraction of sp³-hybridized carbons (Fsp3) is 0.579. The van der Waals surface area contributed by atoms with Crippen LogP contribution in [0.1, 0.15) is 81.9 Å². The molecule has 1 saturated carbocycles. The Morgan fingerprint density at radius 2 is 1.56 bits per heavy atom. The Bertz CT molecular complexity index is 2780. The number of aliphatic hydroxyl groups excluding tert-OH is 1. The highest BCUT2D eigenvalue weighted by molar-refractivity contribution is 7.13. The van der Waals surface area contributed by atoms with Gasteiger partial charge >= 0.3 is 0 Å². The number of ether oxygens (including phenoxy) is 4. The molecule has 78 heavy (non-hydrogen) atoms. The van der Waals surface area contributed by atoms with Crippen LogP contribution in [0.2, 0.25) is 0 Å². The van der Waals surface area contributed by atoms with E-state index in [0.717, 1.165) is 125 Å². The molecule has 1 spiro atoms. The molecule has 2 aromatic carbocycles. The lowest BCUT2D eigenvalue weighted by Crippen LogP contribution is -2.57. The number of benzene rings is 2. The number of aromatic hydroxyl groups is 1. The fourth-order valence-corrected chi connectivity index (χ4v) is 12.5. The molecule has 20 nitrogen and oxygen atoms in total. The number of thiazole rings is 1. The van der Waals surface area contributed by atoms with Crippen LogP contribution in [-0.2, 0) is 23.8 Å². The number of aromatic nitrogens is 4. The fourth-order valence-electron chi connectivity index (χ4n) is 11.6. The summed E-state index contributed by atoms with van der Waals surface area (Å²) in [4.78, 5) is 44.5. The molecule has 5 aliphatic rings. The van der Waals surface area contributed by atoms with Gasteiger partial charge in [-0.3, -0.25) is 24.3 Å². The van der Waals surface area contributed by atoms with Gasteiger partial charge in [-0.15, -0.1) is 21.5 Å². The molecule has 5 aromatic rings. The van der Waals surface area contributed by atoms with E-state index in [0.29, 0.717) is 55.1 Å². The number of para-hydroxylation sites is 1. The third-order valence-corrected chi connectivity index (χ3v) is 17.4. The Labute approximate surface area is 461 Å². The number of aryl methyl sites for hydroxylation is 1. The highest BCUT2D eigenvalue weighted by atomic mass is 32.1. The van der Waals surface area contributed by atoms with Gasteiger partial charge in [0, 0.05) is 96.6 Å². The van der Waals surface area contributed by atoms with Crippen molar-refractivity contribution in [1.29, 1.82) is 0 Å². The number of hydrogen-bond donors (Lipinski definition) is 4. The number of piperazine rings is 1. The van der Waals surface area contributed by atoms with Crippen LogP contribution in [0, 0.1) is 12.8 Å². The SMILES string of the molecule is Cc1ncsc1-c1ccc([C@H](C)NC(=O)[C@@H]2C[C@@H](O)CN2C(=O)C(c2cc(OCCN3CCN(CCOC4CC(OCCN5CCOC6(CCN(c7cc(-c8ccccc8O)nnc7N)CC6)C5)C4)CC3)no2)C(C)C)cc1. The first-order chi connectivity index (χ1) is 37.8. The van der Waals surface area contributed by atoms with Gasteiger partial charge in [0.25, 0.3) is 5.88 Å². The maximum absolute atomic E-state index is 14.2. The van der Waals surface area contributed by atoms with Crippen LogP contribution in [0.5, 0.6) is 11.6 Å². The van der Waals surface area contributed by atoms with E-state index in [2.05, 4.69) is 45.3 Å². The molecular weight excluding hydrogens is 1010 g/mol. The van der Waals surface area contributed by atoms with Crippen molar-refractivity contribution in [3.05, 3.63) is 83.2 Å². The number of nitrogens with two attached hydrogens (primary N) is 1. The van der Waals surface area contributed by atoms with Crippen molar-refractivity contribution in [3.8, 4) is 33.3 Å². The van der Waals surface area contributed by atoms with Crippen LogP contribution in [0.4, 0.5) is 11.5 Å². The third kappa shape index (κ3) is 13.3. The van der Waals surface area contributed by atoms with Gasteiger partial charge in [0.1, 0.15) is 24.3 Å². The Kier molecular flexibility index (Phi) is 17.9. The van der Waals surface area contributed by atoms with E-state index < -0.39 is 18.1 Å². The molecule has 3 aromatic heterocycles. The number of carbonyl (C=O) groups is 2. The Balaban J connectivity index is 0.583. The number of nitrogens with one attached hydrogen (secondary N) is 1. The zero-order valence-corrected chi connectivity index (χ0v) is 46.3. The van der Waals surface area contributed by atoms with Crippen LogP contribution >= 0.6 is 11.3 Å². The standard InChI is InChI=1S/C57H77N11O9S/c1-37(2)52(56(72)68-34-42(69)29-48(68)55(71)60-38(3)40-9-11-41(12-10-40)53-39(4)59-36-78-53)50-33-51(63-77-50)75-27-22-65-19-17-64(18-20-65)21-25-73-43-30-44(31-43)74-26-23-66-24-28-76-57(35-66)13-15-67(16-14-57)47-32-46(61-62-54(47)58)45-7-5-6-8-49(45)70/h5-12,32-33,36-38,42-44,48,52,69-70H,13-31,34-35H2,1-4H3,(H2,58,62)(H,60,71)/t38-,42+,43?,44?,48-,52?/m0/s1. The van der Waals surface area contributed by atoms with E-state index in [-0.39, 0.29) is 60.3 Å². The summed E-state index contributed by atoms with van der Waals surface area (Å²) in [5, 5.41) is 36.8. The van der Waals surface area contributed by atoms with E-state index in [1.807, 2.05) is 75.7 Å². The van der Waals surface area contributed by atoms with Gasteiger partial charge in [-0.1, -0.05) is 50.2 Å². The molecule has 420 valence electrons. The van der Waals surface area contributed by atoms with Crippen molar-refractivity contribution in [1.82, 2.24) is 45.3 Å². The van der Waals surface area contributed by atoms with Crippen molar-refractivity contribution in [2.75, 3.05) is 116 Å². The lowest BCUT2D eigenvalue weighted by atomic mass is 9.89. The summed E-state index contributed by atoms with van der Waals surface area (Å²) >= 11 is 1.59. The highest BCUT2D eigenvalue weighted by Crippen LogP contribution is 2.38. The highest BCUT2D eigenvalue weighted by Gasteiger charge is 2.44. The molecule has 0 radical (unpaired) electrons. The molecule has 5 N–H and O–H groups in total. The third-order valence-electron chi connectivity index (χ3n) is 16.4. The Morgan fingerprint density at radius 1 is 0.872 bits per heavy atom. The van der Waals surface area contributed by atoms with Crippen LogP contribution in [0.3, 0.4) is 0 Å². The predicted octanol–water partition coefficient (Wildman–Crippen LogP) is 5.36. The van der Waals surface area contributed by atoms with Gasteiger partial charge in [0.2, 0.25) is 11.8 Å². The monoisotopic (exact) mass is 1090 g/mol. The zero-order chi connectivity index (χ0) is 54.3. The topological polar surface area (TPSA) is 230 Å². The molecule has 4 atom stereocenters. The van der Waals surface area contributed by atoms with Crippen LogP contribution in [0.15, 0.2) is 70.7 Å². The molecule has 1 unspecified atom stereocenters. The second kappa shape index (κ2) is 25.1. The molecule has 4 saturated heterocycles. The predicted molar refractivity (Wildman–Crippen MR) is 296 cm³/mol. The van der Waals surface area contributed by atoms with Crippen molar-refractivity contribution >= 4 is 34.7 Å². The lowest BCUT2D eigenvalue weighted by Gasteiger charge is -2.48. The molecule has 2 amide bonds. The summed E-state index contributed by atoms with van der Waals surface area (Å²) < 4.78 is 30.8. The number of morpholine rings is 1. The van der Waals surface area contributed by atoms with Crippen molar-refractivity contribution in [3.63, 3.8) is 0 Å². The quantitative estimate of drug-likeness (QED) is 0.0725. The number of rotatable bonds is 21. The summed E-state index contributed by atoms with van der Waals surface area (Å²) in [6.07, 6.45) is 3.46. The van der Waals surface area contributed by atoms with E-state index in [1.165, 1.54) is 4.90 Å². The zero-order valence-electron chi connectivity index (χ0n) is 45.5. The summed E-state index contributed by atoms with van der Waals surface area (Å²) in [5.74, 6) is -0.238. The number of hydrogen-bond acceptors (Lipinski definition) is 19. The van der Waals surface area contributed by atoms with Crippen molar-refractivity contribution in [2.24, 2.45) is 5.92 Å². The maximum Gasteiger partial charge on any atom is 0.254 e. The maximum atomic E-state index is 14.2. The Hall–Kier alpha value is -5.78. The van der Waals surface area contributed by atoms with Crippen LogP contribution in [0.25, 0.3) is 21.7 Å². The smallest absolute Gasteiger partial charge is 0.254 e. The number of piperidine rings is 1. The normalized spacial score (nSPS) is 22.9. The van der Waals surface area contributed by atoms with E-state index in [4.69, 9.17) is 29.2 Å². The van der Waals surface area contributed by atoms with Gasteiger partial charge in [-0.2, -0.15) is 0 Å². The van der Waals surface area contributed by atoms with E-state index in [9.17, 15) is 19.8 Å². The number of nitrogens with zero attached hydrogens (tertiary/aromatic N) is 9. The van der Waals surface area contributed by atoms with Gasteiger partial charge < -0.3 is 54.5 Å². The van der Waals surface area contributed by atoms with Gasteiger partial charge in [0.15, 0.2) is 11.6 Å². The summed E-state index contributed by atoms with van der Waals surface area (Å²) in [5.41, 5.74) is 13.0. The van der Waals surface area contributed by atoms with Crippen molar-refractivity contribution in [2.45, 2.75) is 102 Å². The average Bonchev–Trinajstić information content (AvgIpc) is 4.22. The van der Waals surface area contributed by atoms with E-state index >= 15 is 0 Å². The van der Waals surface area contributed by atoms with Crippen LogP contribution in [-0.4, -0.2) is 197 Å². The van der Waals surface area contributed by atoms with Crippen molar-refractivity contribution < 1.29 is 43.3 Å². The number of likely N-dealkylation sites (tertiary alicyclic amines) is 1. The number of β-amino-alcohol motifs (C(OH)–C–C–N with tert-alkyl or cyclic N) is 1. The van der Waals surface area contributed by atoms with E-state index in [1.54, 1.807) is 29.5 Å². The van der Waals surface area contributed by atoms with Gasteiger partial charge in [-0.25, -0.2) is 4.98 Å². The largest absolute Gasteiger partial charge is 0.507 e. The molecule has 7 heterocycles. The number of carbonyl (C=O) groups excluding carboxylic acids is 2. The Morgan fingerprint density at radius 3 is 2.24 bits per heavy atom. The molecule has 1 aliphatic carbocycles. The molecule has 4 aliphatic heterocycles. The summed E-state index contributed by atoms with van der Waals surface area (Å²) in [6, 6.07) is 17.7. The molecule has 5 fully saturated rings. The molecule has 21 heteroatoms. The number of nitrogen functional groups attached to an aromatic ring is 1. The first-order valence-electron chi connectivity index (χ1n) is 27.9. The van der Waals surface area contributed by atoms with Gasteiger partial charge in [0.05, 0.1) is 77.2 Å². The second-order valence-corrected chi connectivity index (χ2v) is 23.0.